The van der Waals surface area contributed by atoms with Gasteiger partial charge in [0.25, 0.3) is 0 Å². The first-order valence-electron chi connectivity index (χ1n) is 2.62. The molecule has 0 aliphatic heterocycles. The van der Waals surface area contributed by atoms with Crippen LogP contribution in [0.15, 0.2) is 0 Å². The van der Waals surface area contributed by atoms with E-state index in [-0.39, 0.29) is 19.5 Å². The molecule has 0 heterocycles. The Bertz CT molecular complexity index is 104. The van der Waals surface area contributed by atoms with Gasteiger partial charge in [-0.15, -0.1) is 0 Å². The number of carbonyl (C=O) groups is 1. The van der Waals surface area contributed by atoms with E-state index in [4.69, 9.17) is 17.3 Å². The predicted octanol–water partition coefficient (Wildman–Crippen LogP) is 0.830. The second-order valence-electron chi connectivity index (χ2n) is 1.69. The standard InChI is InChI=1S/C5H10ClNOS.Zn/c1-9-3-2-4(7)5(6)8;/h4H,2-3,7H2,1H3;/t4-;/m0./s1. The van der Waals surface area contributed by atoms with E-state index in [0.29, 0.717) is 6.42 Å². The van der Waals surface area contributed by atoms with Crippen molar-refractivity contribution >= 4 is 28.6 Å². The van der Waals surface area contributed by atoms with Crippen molar-refractivity contribution in [1.82, 2.24) is 0 Å². The number of rotatable bonds is 4. The van der Waals surface area contributed by atoms with Gasteiger partial charge >= 0.3 is 0 Å². The van der Waals surface area contributed by atoms with Gasteiger partial charge in [-0.25, -0.2) is 0 Å². The molecular weight excluding hydrogens is 223 g/mol. The minimum Gasteiger partial charge on any atom is -0.320 e. The van der Waals surface area contributed by atoms with Crippen LogP contribution in [0.5, 0.6) is 0 Å². The Balaban J connectivity index is 0. The second-order valence-corrected chi connectivity index (χ2v) is 3.05. The first-order valence-corrected chi connectivity index (χ1v) is 4.39. The van der Waals surface area contributed by atoms with Gasteiger partial charge in [0.2, 0.25) is 5.24 Å². The molecule has 2 N–H and O–H groups in total. The van der Waals surface area contributed by atoms with E-state index in [0.717, 1.165) is 5.75 Å². The average Bonchev–Trinajstić information content (AvgIpc) is 1.82. The summed E-state index contributed by atoms with van der Waals surface area (Å²) < 4.78 is 0. The van der Waals surface area contributed by atoms with Crippen LogP contribution in [0.3, 0.4) is 0 Å². The minimum atomic E-state index is -0.473. The summed E-state index contributed by atoms with van der Waals surface area (Å²) >= 11 is 6.75. The van der Waals surface area contributed by atoms with Gasteiger partial charge in [-0.2, -0.15) is 11.8 Å². The zero-order chi connectivity index (χ0) is 7.28. The Morgan fingerprint density at radius 1 is 1.80 bits per heavy atom. The molecule has 0 spiro atoms. The molecule has 10 heavy (non-hydrogen) atoms. The summed E-state index contributed by atoms with van der Waals surface area (Å²) in [6.45, 7) is 0. The Kier molecular flexibility index (Phi) is 10.8. The van der Waals surface area contributed by atoms with Gasteiger partial charge in [-0.05, 0) is 30.0 Å². The largest absolute Gasteiger partial charge is 0.320 e. The van der Waals surface area contributed by atoms with Crippen molar-refractivity contribution in [2.24, 2.45) is 5.73 Å². The van der Waals surface area contributed by atoms with E-state index < -0.39 is 11.3 Å². The molecule has 0 aromatic carbocycles. The van der Waals surface area contributed by atoms with Gasteiger partial charge in [0.1, 0.15) is 0 Å². The molecule has 56 valence electrons. The van der Waals surface area contributed by atoms with Gasteiger partial charge in [-0.3, -0.25) is 4.79 Å². The maximum absolute atomic E-state index is 10.3. The fourth-order valence-corrected chi connectivity index (χ4v) is 0.957. The van der Waals surface area contributed by atoms with Crippen molar-refractivity contribution in [1.29, 1.82) is 0 Å². The van der Waals surface area contributed by atoms with Crippen LogP contribution in [0.4, 0.5) is 0 Å². The molecule has 0 fully saturated rings. The van der Waals surface area contributed by atoms with Crippen LogP contribution >= 0.6 is 23.4 Å². The third kappa shape index (κ3) is 7.01. The van der Waals surface area contributed by atoms with E-state index in [1.807, 2.05) is 6.26 Å². The van der Waals surface area contributed by atoms with E-state index in [9.17, 15) is 4.79 Å². The fourth-order valence-electron chi connectivity index (χ4n) is 0.358. The first-order chi connectivity index (χ1) is 4.18. The second kappa shape index (κ2) is 7.99. The van der Waals surface area contributed by atoms with Crippen LogP contribution in [0, 0.1) is 0 Å². The van der Waals surface area contributed by atoms with Crippen LogP contribution in [-0.2, 0) is 24.3 Å². The molecule has 0 unspecified atom stereocenters. The van der Waals surface area contributed by atoms with Crippen LogP contribution in [0.25, 0.3) is 0 Å². The summed E-state index contributed by atoms with van der Waals surface area (Å²) in [5, 5.41) is -0.441. The summed E-state index contributed by atoms with van der Waals surface area (Å²) in [5.74, 6) is 0.889. The molecule has 0 amide bonds. The molecular formula is C5H10ClNOSZn. The number of halogens is 1. The molecule has 0 aliphatic carbocycles. The predicted molar refractivity (Wildman–Crippen MR) is 41.8 cm³/mol. The van der Waals surface area contributed by atoms with Crippen molar-refractivity contribution in [3.63, 3.8) is 0 Å². The Labute approximate surface area is 83.0 Å². The third-order valence-electron chi connectivity index (χ3n) is 0.924. The number of carbonyl (C=O) groups excluding carboxylic acids is 1. The molecule has 0 aliphatic rings. The van der Waals surface area contributed by atoms with Crippen LogP contribution in [0.2, 0.25) is 0 Å². The Morgan fingerprint density at radius 2 is 2.30 bits per heavy atom. The summed E-state index contributed by atoms with van der Waals surface area (Å²) in [5.41, 5.74) is 5.31. The fraction of sp³-hybridized carbons (Fsp3) is 0.800. The smallest absolute Gasteiger partial charge is 0.238 e. The van der Waals surface area contributed by atoms with Crippen LogP contribution in [0.1, 0.15) is 6.42 Å². The maximum Gasteiger partial charge on any atom is 0.238 e. The number of nitrogens with two attached hydrogens (primary N) is 1. The topological polar surface area (TPSA) is 43.1 Å². The van der Waals surface area contributed by atoms with E-state index in [2.05, 4.69) is 0 Å². The SMILES string of the molecule is CSCC[C@H](N)C(=O)Cl.[Zn]. The number of hydrogen-bond donors (Lipinski definition) is 1. The normalized spacial score (nSPS) is 11.9. The molecule has 0 aromatic heterocycles. The maximum atomic E-state index is 10.3. The van der Waals surface area contributed by atoms with Gasteiger partial charge in [0.05, 0.1) is 6.04 Å². The number of thioether (sulfide) groups is 1. The molecule has 0 bridgehead atoms. The zero-order valence-electron chi connectivity index (χ0n) is 5.97. The first kappa shape index (κ1) is 13.5. The van der Waals surface area contributed by atoms with Crippen LogP contribution in [-0.4, -0.2) is 23.3 Å². The van der Waals surface area contributed by atoms with Gasteiger partial charge < -0.3 is 5.73 Å². The van der Waals surface area contributed by atoms with E-state index in [1.54, 1.807) is 11.8 Å². The van der Waals surface area contributed by atoms with Gasteiger partial charge in [0.15, 0.2) is 0 Å². The monoisotopic (exact) mass is 231 g/mol. The van der Waals surface area contributed by atoms with E-state index in [1.165, 1.54) is 0 Å². The molecule has 1 atom stereocenters. The summed E-state index contributed by atoms with van der Waals surface area (Å²) in [6, 6.07) is -0.473. The number of hydrogen-bond acceptors (Lipinski definition) is 3. The van der Waals surface area contributed by atoms with Crippen molar-refractivity contribution in [3.05, 3.63) is 0 Å². The summed E-state index contributed by atoms with van der Waals surface area (Å²) in [7, 11) is 0. The quantitative estimate of drug-likeness (QED) is 0.577. The minimum absolute atomic E-state index is 0. The summed E-state index contributed by atoms with van der Waals surface area (Å²) in [6.07, 6.45) is 2.63. The van der Waals surface area contributed by atoms with Crippen LogP contribution < -0.4 is 5.73 Å². The van der Waals surface area contributed by atoms with Crippen molar-refractivity contribution in [2.45, 2.75) is 12.5 Å². The van der Waals surface area contributed by atoms with Gasteiger partial charge in [-0.1, -0.05) is 0 Å². The Hall–Kier alpha value is 0.893. The molecule has 0 radical (unpaired) electrons. The molecule has 0 aromatic rings. The molecule has 0 saturated heterocycles. The summed E-state index contributed by atoms with van der Waals surface area (Å²) in [4.78, 5) is 10.3. The van der Waals surface area contributed by atoms with Crippen molar-refractivity contribution in [2.75, 3.05) is 12.0 Å². The molecule has 2 nitrogen and oxygen atoms in total. The molecule has 0 saturated carbocycles. The van der Waals surface area contributed by atoms with E-state index >= 15 is 0 Å². The Morgan fingerprint density at radius 3 is 2.60 bits per heavy atom. The third-order valence-corrected chi connectivity index (χ3v) is 1.85. The van der Waals surface area contributed by atoms with Crippen molar-refractivity contribution < 1.29 is 24.3 Å². The van der Waals surface area contributed by atoms with Crippen molar-refractivity contribution in [3.8, 4) is 0 Å². The molecule has 5 heteroatoms. The average molecular weight is 233 g/mol. The van der Waals surface area contributed by atoms with Gasteiger partial charge in [0, 0.05) is 19.5 Å². The zero-order valence-corrected chi connectivity index (χ0v) is 10.5. The molecule has 0 rings (SSSR count).